The Bertz CT molecular complexity index is 5130. The molecule has 0 saturated carbocycles. The van der Waals surface area contributed by atoms with Crippen LogP contribution in [0.2, 0.25) is 0 Å². The van der Waals surface area contributed by atoms with Crippen LogP contribution in [0.3, 0.4) is 0 Å². The topological polar surface area (TPSA) is 72.4 Å². The van der Waals surface area contributed by atoms with Crippen LogP contribution in [0.15, 0.2) is 182 Å². The molecule has 0 spiro atoms. The molecule has 0 amide bonds. The van der Waals surface area contributed by atoms with Crippen LogP contribution in [-0.4, -0.2) is 107 Å². The molecule has 0 bridgehead atoms. The molecule has 11 aromatic rings. The zero-order valence-corrected chi connectivity index (χ0v) is 59.4. The van der Waals surface area contributed by atoms with Gasteiger partial charge in [-0.2, -0.15) is 0 Å². The van der Waals surface area contributed by atoms with Gasteiger partial charge in [-0.1, -0.05) is 98.4 Å². The number of hydrogen-bond donors (Lipinski definition) is 0. The zero-order chi connectivity index (χ0) is 71.4. The molecule has 7 aliphatic rings. The third kappa shape index (κ3) is 12.6. The lowest BCUT2D eigenvalue weighted by Gasteiger charge is -2.41. The molecule has 22 heteroatoms. The van der Waals surface area contributed by atoms with E-state index in [1.807, 2.05) is 151 Å². The zero-order valence-electron chi connectivity index (χ0n) is 59.4. The van der Waals surface area contributed by atoms with E-state index in [1.54, 1.807) is 36.7 Å². The summed E-state index contributed by atoms with van der Waals surface area (Å²) in [5.74, 6) is 1.20. The predicted molar refractivity (Wildman–Crippen MR) is 412 cm³/mol. The van der Waals surface area contributed by atoms with E-state index in [0.29, 0.717) is 40.5 Å². The minimum absolute atomic E-state index is 0.224. The van der Waals surface area contributed by atoms with Crippen molar-refractivity contribution in [3.8, 4) is 17.2 Å². The molecule has 0 N–H and O–H groups in total. The van der Waals surface area contributed by atoms with Crippen LogP contribution >= 0.6 is 0 Å². The van der Waals surface area contributed by atoms with Gasteiger partial charge in [0.15, 0.2) is 16.9 Å². The molecule has 2 aromatic heterocycles. The highest BCUT2D eigenvalue weighted by Gasteiger charge is 2.53. The van der Waals surface area contributed by atoms with Crippen LogP contribution < -0.4 is 33.6 Å². The smallest absolute Gasteiger partial charge is 0.630 e. The molecule has 532 valence electrons. The van der Waals surface area contributed by atoms with E-state index in [-0.39, 0.29) is 11.7 Å². The summed E-state index contributed by atoms with van der Waals surface area (Å²) in [7, 11) is -12.8. The summed E-state index contributed by atoms with van der Waals surface area (Å²) in [6.45, 7) is 15.5. The second-order valence-corrected chi connectivity index (χ2v) is 28.1. The summed E-state index contributed by atoms with van der Waals surface area (Å²) in [5.41, 5.74) is 17.2. The van der Waals surface area contributed by atoms with Crippen LogP contribution in [-0.2, 0) is 38.8 Å². The fraction of sp³-hybridized carbons (Fsp3) is 0.293. The second-order valence-electron chi connectivity index (χ2n) is 28.1. The third-order valence-corrected chi connectivity index (χ3v) is 21.5. The van der Waals surface area contributed by atoms with E-state index in [4.69, 9.17) is 14.0 Å². The van der Waals surface area contributed by atoms with Crippen LogP contribution in [0.1, 0.15) is 118 Å². The number of imidazole rings is 1. The molecule has 13 nitrogen and oxygen atoms in total. The summed E-state index contributed by atoms with van der Waals surface area (Å²) < 4.78 is 116. The van der Waals surface area contributed by atoms with E-state index in [0.717, 1.165) is 220 Å². The number of aromatic nitrogens is 3. The summed E-state index contributed by atoms with van der Waals surface area (Å²) in [5, 5.41) is 2.06. The van der Waals surface area contributed by atoms with E-state index in [9.17, 15) is 0 Å². The molecule has 7 aliphatic heterocycles. The van der Waals surface area contributed by atoms with E-state index < -0.39 is 21.1 Å². The number of para-hydroxylation sites is 5. The van der Waals surface area contributed by atoms with Crippen LogP contribution in [0, 0.1) is 0 Å². The molecule has 0 radical (unpaired) electrons. The summed E-state index contributed by atoms with van der Waals surface area (Å²) in [4.78, 5) is 13.6. The Balaban J connectivity index is 0.000000121. The van der Waals surface area contributed by atoms with Gasteiger partial charge in [-0.3, -0.25) is 0 Å². The minimum atomic E-state index is -4.30. The van der Waals surface area contributed by atoms with Gasteiger partial charge in [0.2, 0.25) is 0 Å². The first kappa shape index (κ1) is 68.1. The van der Waals surface area contributed by atoms with Crippen molar-refractivity contribution in [2.75, 3.05) is 58.9 Å². The van der Waals surface area contributed by atoms with Crippen LogP contribution in [0.25, 0.3) is 32.8 Å². The highest BCUT2D eigenvalue weighted by Crippen LogP contribution is 2.48. The minimum Gasteiger partial charge on any atom is -0.630 e. The van der Waals surface area contributed by atoms with Crippen molar-refractivity contribution in [3.63, 3.8) is 0 Å². The SMILES string of the molecule is CCCCN(CCCC)c1ccc2c(c1)O[B-](F)(F)[N+](c1ccc(N(c3ccccc3)c3ccccc3)cc1)=C2.CCn1c([N+]2=Cc3cc4c5c(c3O[B-]2(F)F)CCCN5CCC4)nc2ccccc21.CCn1c2ccccc2c2cc([N+]3=Cc4cc5c6c(c4O[B-]3(F)F)CCCN6CCC5)ccc21. The molecule has 18 rings (SSSR count). The van der Waals surface area contributed by atoms with Gasteiger partial charge in [0, 0.05) is 155 Å². The Kier molecular flexibility index (Phi) is 18.3. The van der Waals surface area contributed by atoms with Crippen molar-refractivity contribution < 1.29 is 53.3 Å². The Morgan fingerprint density at radius 3 is 1.51 bits per heavy atom. The number of halogens is 6. The number of fused-ring (bicyclic) bond motifs is 9. The molecule has 0 atom stereocenters. The first-order chi connectivity index (χ1) is 50.6. The van der Waals surface area contributed by atoms with Gasteiger partial charge < -0.3 is 77.5 Å². The fourth-order valence-corrected chi connectivity index (χ4v) is 16.7. The highest BCUT2D eigenvalue weighted by atomic mass is 19.3. The van der Waals surface area contributed by atoms with Gasteiger partial charge in [-0.05, 0) is 174 Å². The van der Waals surface area contributed by atoms with Crippen molar-refractivity contribution in [1.82, 2.24) is 14.1 Å². The Morgan fingerprint density at radius 1 is 0.433 bits per heavy atom. The van der Waals surface area contributed by atoms with Crippen molar-refractivity contribution in [2.24, 2.45) is 0 Å². The Morgan fingerprint density at radius 2 is 0.913 bits per heavy atom. The molecule has 9 heterocycles. The van der Waals surface area contributed by atoms with Gasteiger partial charge in [-0.25, -0.2) is 4.57 Å². The quantitative estimate of drug-likeness (QED) is 0.0743. The molecular formula is C82H85B3F6N10O3. The standard InChI is InChI=1S/C33H36BF2N3O.C27H26BF2N3O.C22H23BF2N4O/c1-3-5-23-37(24-6-4-2)32-18-17-27-26-38(34(35,36)40-33(27)25-32)28-19-21-31(22-20-28)39(29-13-9-7-10-14-29)30-15-11-8-12-16-30;1-2-32-24-10-4-3-8-21(24)23-16-20(11-12-25(23)32)33-17-19-15-18-7-5-13-31-14-6-9-22(26(18)31)27(19)34-28(33,29)30;1-2-28-19-10-4-3-9-18(19)26-22(28)29-14-16-13-15-7-5-11-27-12-6-8-17(20(15)27)21(16)30-23(29,24)25/h7-22,25-26H,3-6,23-24H2,1-2H3;3-4,8,10-12,15-17H,2,5-7,9,13-14H2,1H3;3-4,9-10,13-14H,2,5-8,11-12H2,1H3. The first-order valence-corrected chi connectivity index (χ1v) is 37.3. The van der Waals surface area contributed by atoms with Crippen molar-refractivity contribution in [3.05, 3.63) is 221 Å². The number of anilines is 6. The molecule has 0 fully saturated rings. The molecule has 104 heavy (non-hydrogen) atoms. The lowest BCUT2D eigenvalue weighted by atomic mass is 9.87. The lowest BCUT2D eigenvalue weighted by Crippen LogP contribution is -2.48. The number of hydrogen-bond acceptors (Lipinski definition) is 8. The van der Waals surface area contributed by atoms with Gasteiger partial charge in [0.25, 0.3) is 0 Å². The average molecular weight is 1410 g/mol. The number of aryl methyl sites for hydroxylation is 4. The fourth-order valence-electron chi connectivity index (χ4n) is 16.7. The first-order valence-electron chi connectivity index (χ1n) is 37.3. The van der Waals surface area contributed by atoms with Crippen molar-refractivity contribution >= 4 is 124 Å². The van der Waals surface area contributed by atoms with Crippen molar-refractivity contribution in [1.29, 1.82) is 0 Å². The largest absolute Gasteiger partial charge is 0.834 e. The van der Waals surface area contributed by atoms with Crippen molar-refractivity contribution in [2.45, 2.75) is 118 Å². The number of benzene rings is 9. The summed E-state index contributed by atoms with van der Waals surface area (Å²) in [6.07, 6.45) is 16.7. The van der Waals surface area contributed by atoms with E-state index in [1.165, 1.54) is 17.3 Å². The van der Waals surface area contributed by atoms with Gasteiger partial charge in [0.1, 0.15) is 17.9 Å². The maximum absolute atomic E-state index is 15.6. The summed E-state index contributed by atoms with van der Waals surface area (Å²) >= 11 is 0. The predicted octanol–water partition coefficient (Wildman–Crippen LogP) is 19.4. The van der Waals surface area contributed by atoms with Gasteiger partial charge in [0.05, 0.1) is 34.9 Å². The number of rotatable bonds is 15. The molecular weight excluding hydrogens is 1320 g/mol. The summed E-state index contributed by atoms with van der Waals surface area (Å²) in [6, 6.07) is 58.3. The molecule has 9 aromatic carbocycles. The maximum atomic E-state index is 15.6. The lowest BCUT2D eigenvalue weighted by molar-refractivity contribution is -0.355. The monoisotopic (exact) mass is 1400 g/mol. The number of nitrogens with zero attached hydrogens (tertiary/aromatic N) is 10. The molecule has 0 aliphatic carbocycles. The normalized spacial score (nSPS) is 16.8. The van der Waals surface area contributed by atoms with Crippen LogP contribution in [0.4, 0.5) is 77.3 Å². The number of unbranched alkanes of at least 4 members (excludes halogenated alkanes) is 2. The maximum Gasteiger partial charge on any atom is 0.834 e. The van der Waals surface area contributed by atoms with Gasteiger partial charge >= 0.3 is 27.1 Å². The highest BCUT2D eigenvalue weighted by molar-refractivity contribution is 6.54. The van der Waals surface area contributed by atoms with E-state index in [2.05, 4.69) is 68.1 Å². The molecule has 0 unspecified atom stereocenters. The van der Waals surface area contributed by atoms with Crippen LogP contribution in [0.5, 0.6) is 17.2 Å². The van der Waals surface area contributed by atoms with Gasteiger partial charge in [-0.15, -0.1) is 0 Å². The average Bonchev–Trinajstić information content (AvgIpc) is 1.05. The molecule has 0 saturated heterocycles. The third-order valence-electron chi connectivity index (χ3n) is 21.5. The Labute approximate surface area is 603 Å². The second kappa shape index (κ2) is 28.0. The van der Waals surface area contributed by atoms with E-state index >= 15 is 25.9 Å². The Hall–Kier alpha value is -10.4.